The van der Waals surface area contributed by atoms with E-state index in [9.17, 15) is 4.39 Å². The van der Waals surface area contributed by atoms with Crippen LogP contribution in [0.15, 0.2) is 28.6 Å². The van der Waals surface area contributed by atoms with Gasteiger partial charge in [-0.25, -0.2) is 14.4 Å². The van der Waals surface area contributed by atoms with Crippen molar-refractivity contribution in [1.82, 2.24) is 15.6 Å². The van der Waals surface area contributed by atoms with Crippen molar-refractivity contribution in [2.24, 2.45) is 4.99 Å². The van der Waals surface area contributed by atoms with Crippen LogP contribution < -0.4 is 10.6 Å². The van der Waals surface area contributed by atoms with E-state index in [2.05, 4.69) is 20.6 Å². The standard InChI is InChI=1S/C17H20FN5S.HI/c1-3-20-17(21-7-6-15-11-24-12(2)23-15)22-10-14-8-13(9-19)4-5-16(14)18;/h4-5,8,11H,3,6-7,10H2,1-2H3,(H2,20,21,22);1H. The smallest absolute Gasteiger partial charge is 0.191 e. The number of rotatable bonds is 6. The molecule has 25 heavy (non-hydrogen) atoms. The van der Waals surface area contributed by atoms with Gasteiger partial charge in [-0.1, -0.05) is 0 Å². The third-order valence-corrected chi connectivity index (χ3v) is 4.09. The molecule has 1 aromatic carbocycles. The molecule has 0 fully saturated rings. The van der Waals surface area contributed by atoms with Crippen molar-refractivity contribution >= 4 is 41.3 Å². The summed E-state index contributed by atoms with van der Waals surface area (Å²) in [5, 5.41) is 18.3. The van der Waals surface area contributed by atoms with Crippen LogP contribution in [-0.4, -0.2) is 24.0 Å². The fourth-order valence-corrected chi connectivity index (χ4v) is 2.75. The minimum Gasteiger partial charge on any atom is -0.357 e. The number of aromatic nitrogens is 1. The van der Waals surface area contributed by atoms with Crippen LogP contribution in [0.4, 0.5) is 4.39 Å². The summed E-state index contributed by atoms with van der Waals surface area (Å²) in [5.74, 6) is 0.262. The number of nitrogens with zero attached hydrogens (tertiary/aromatic N) is 3. The predicted molar refractivity (Wildman–Crippen MR) is 110 cm³/mol. The van der Waals surface area contributed by atoms with Gasteiger partial charge >= 0.3 is 0 Å². The largest absolute Gasteiger partial charge is 0.357 e. The van der Waals surface area contributed by atoms with E-state index in [1.54, 1.807) is 11.3 Å². The maximum atomic E-state index is 13.8. The van der Waals surface area contributed by atoms with Gasteiger partial charge in [0.2, 0.25) is 0 Å². The van der Waals surface area contributed by atoms with Crippen molar-refractivity contribution in [2.45, 2.75) is 26.8 Å². The van der Waals surface area contributed by atoms with Crippen LogP contribution in [0.5, 0.6) is 0 Å². The lowest BCUT2D eigenvalue weighted by molar-refractivity contribution is 0.610. The molecule has 2 N–H and O–H groups in total. The Hall–Kier alpha value is -1.73. The molecule has 5 nitrogen and oxygen atoms in total. The first-order valence-electron chi connectivity index (χ1n) is 7.74. The normalized spacial score (nSPS) is 10.7. The lowest BCUT2D eigenvalue weighted by Gasteiger charge is -2.11. The fourth-order valence-electron chi connectivity index (χ4n) is 2.10. The molecular weight excluding hydrogens is 452 g/mol. The molecule has 0 spiro atoms. The monoisotopic (exact) mass is 473 g/mol. The molecule has 0 radical (unpaired) electrons. The molecule has 2 aromatic rings. The van der Waals surface area contributed by atoms with Gasteiger partial charge in [-0.15, -0.1) is 35.3 Å². The zero-order valence-corrected chi connectivity index (χ0v) is 17.3. The van der Waals surface area contributed by atoms with Crippen molar-refractivity contribution in [3.8, 4) is 6.07 Å². The number of benzene rings is 1. The number of aryl methyl sites for hydroxylation is 1. The molecule has 0 saturated heterocycles. The van der Waals surface area contributed by atoms with Crippen molar-refractivity contribution in [3.05, 3.63) is 51.2 Å². The quantitative estimate of drug-likeness (QED) is 0.384. The summed E-state index contributed by atoms with van der Waals surface area (Å²) in [6.07, 6.45) is 0.799. The number of aliphatic imine (C=N–C) groups is 1. The van der Waals surface area contributed by atoms with Gasteiger partial charge in [0.25, 0.3) is 0 Å². The van der Waals surface area contributed by atoms with Crippen LogP contribution in [-0.2, 0) is 13.0 Å². The number of hydrogen-bond donors (Lipinski definition) is 2. The summed E-state index contributed by atoms with van der Waals surface area (Å²) in [4.78, 5) is 8.80. The molecule has 2 rings (SSSR count). The van der Waals surface area contributed by atoms with Crippen LogP contribution in [0.2, 0.25) is 0 Å². The SMILES string of the molecule is CCNC(=NCc1cc(C#N)ccc1F)NCCc1csc(C)n1.I. The second-order valence-electron chi connectivity index (χ2n) is 5.15. The molecule has 0 saturated carbocycles. The number of nitriles is 1. The van der Waals surface area contributed by atoms with Gasteiger partial charge in [0, 0.05) is 30.5 Å². The van der Waals surface area contributed by atoms with Gasteiger partial charge in [-0.2, -0.15) is 5.26 Å². The van der Waals surface area contributed by atoms with Gasteiger partial charge in [0.15, 0.2) is 5.96 Å². The number of halogens is 2. The fraction of sp³-hybridized carbons (Fsp3) is 0.353. The van der Waals surface area contributed by atoms with E-state index in [-0.39, 0.29) is 36.3 Å². The highest BCUT2D eigenvalue weighted by Gasteiger charge is 2.05. The average molecular weight is 473 g/mol. The molecule has 0 aliphatic carbocycles. The third kappa shape index (κ3) is 6.96. The van der Waals surface area contributed by atoms with Crippen LogP contribution in [0.1, 0.15) is 28.8 Å². The summed E-state index contributed by atoms with van der Waals surface area (Å²) < 4.78 is 13.8. The Bertz CT molecular complexity index is 754. The van der Waals surface area contributed by atoms with Crippen molar-refractivity contribution in [1.29, 1.82) is 5.26 Å². The first-order chi connectivity index (χ1) is 11.6. The lowest BCUT2D eigenvalue weighted by Crippen LogP contribution is -2.38. The molecule has 8 heteroatoms. The van der Waals surface area contributed by atoms with Gasteiger partial charge in [0.05, 0.1) is 28.9 Å². The van der Waals surface area contributed by atoms with Crippen molar-refractivity contribution < 1.29 is 4.39 Å². The molecule has 0 bridgehead atoms. The van der Waals surface area contributed by atoms with Gasteiger partial charge in [0.1, 0.15) is 5.82 Å². The molecule has 0 unspecified atom stereocenters. The summed E-state index contributed by atoms with van der Waals surface area (Å²) in [6, 6.07) is 6.30. The number of thiazole rings is 1. The van der Waals surface area contributed by atoms with Crippen LogP contribution in [0.25, 0.3) is 0 Å². The number of nitrogens with one attached hydrogen (secondary N) is 2. The van der Waals surface area contributed by atoms with Crippen molar-refractivity contribution in [3.63, 3.8) is 0 Å². The van der Waals surface area contributed by atoms with E-state index in [1.165, 1.54) is 18.2 Å². The van der Waals surface area contributed by atoms with Gasteiger partial charge < -0.3 is 10.6 Å². The van der Waals surface area contributed by atoms with Crippen molar-refractivity contribution in [2.75, 3.05) is 13.1 Å². The summed E-state index contributed by atoms with van der Waals surface area (Å²) in [6.45, 7) is 5.53. The molecule has 0 aliphatic heterocycles. The maximum Gasteiger partial charge on any atom is 0.191 e. The Morgan fingerprint density at radius 1 is 1.40 bits per heavy atom. The van der Waals surface area contributed by atoms with E-state index in [0.29, 0.717) is 30.2 Å². The second-order valence-corrected chi connectivity index (χ2v) is 6.21. The van der Waals surface area contributed by atoms with Gasteiger partial charge in [-0.05, 0) is 32.0 Å². The lowest BCUT2D eigenvalue weighted by atomic mass is 10.1. The third-order valence-electron chi connectivity index (χ3n) is 3.27. The summed E-state index contributed by atoms with van der Waals surface area (Å²) in [7, 11) is 0. The topological polar surface area (TPSA) is 73.1 Å². The maximum absolute atomic E-state index is 13.8. The Labute approximate surface area is 168 Å². The summed E-state index contributed by atoms with van der Waals surface area (Å²) >= 11 is 1.63. The molecular formula is C17H21FIN5S. The average Bonchev–Trinajstić information content (AvgIpc) is 2.99. The minimum absolute atomic E-state index is 0. The molecule has 1 aromatic heterocycles. The Morgan fingerprint density at radius 2 is 2.20 bits per heavy atom. The Kier molecular flexibility index (Phi) is 9.37. The highest BCUT2D eigenvalue weighted by molar-refractivity contribution is 14.0. The van der Waals surface area contributed by atoms with Crippen LogP contribution in [0, 0.1) is 24.1 Å². The second kappa shape index (κ2) is 11.0. The minimum atomic E-state index is -0.355. The Balaban J connectivity index is 0.00000312. The first kappa shape index (κ1) is 21.3. The van der Waals surface area contributed by atoms with Crippen LogP contribution in [0.3, 0.4) is 0 Å². The predicted octanol–water partition coefficient (Wildman–Crippen LogP) is 3.38. The highest BCUT2D eigenvalue weighted by atomic mass is 127. The number of guanidine groups is 1. The number of hydrogen-bond acceptors (Lipinski definition) is 4. The molecule has 1 heterocycles. The van der Waals surface area contributed by atoms with E-state index in [1.807, 2.05) is 25.3 Å². The molecule has 134 valence electrons. The molecule has 0 atom stereocenters. The first-order valence-corrected chi connectivity index (χ1v) is 8.62. The van der Waals surface area contributed by atoms with E-state index in [4.69, 9.17) is 5.26 Å². The summed E-state index contributed by atoms with van der Waals surface area (Å²) in [5.41, 5.74) is 1.88. The highest BCUT2D eigenvalue weighted by Crippen LogP contribution is 2.11. The van der Waals surface area contributed by atoms with E-state index < -0.39 is 0 Å². The van der Waals surface area contributed by atoms with Crippen LogP contribution >= 0.6 is 35.3 Å². The zero-order chi connectivity index (χ0) is 17.4. The van der Waals surface area contributed by atoms with E-state index >= 15 is 0 Å². The molecule has 0 amide bonds. The molecule has 0 aliphatic rings. The zero-order valence-electron chi connectivity index (χ0n) is 14.2. The van der Waals surface area contributed by atoms with E-state index in [0.717, 1.165) is 17.1 Å². The van der Waals surface area contributed by atoms with Gasteiger partial charge in [-0.3, -0.25) is 0 Å². The Morgan fingerprint density at radius 3 is 2.84 bits per heavy atom.